The van der Waals surface area contributed by atoms with Crippen LogP contribution in [0.4, 0.5) is 0 Å². The normalized spacial score (nSPS) is 11.3. The standard InChI is InChI=1S/C16H36N2/c1-16(2)12-11-15-18-14-10-8-6-4-3-5-7-9-13-17/h16,18H,3-15,17H2,1-2H3. The van der Waals surface area contributed by atoms with Gasteiger partial charge in [0, 0.05) is 0 Å². The lowest BCUT2D eigenvalue weighted by Crippen LogP contribution is -2.17. The molecule has 0 aromatic rings. The van der Waals surface area contributed by atoms with Crippen LogP contribution in [0.25, 0.3) is 0 Å². The fourth-order valence-corrected chi connectivity index (χ4v) is 2.22. The van der Waals surface area contributed by atoms with E-state index in [4.69, 9.17) is 5.73 Å². The van der Waals surface area contributed by atoms with Gasteiger partial charge in [-0.2, -0.15) is 0 Å². The molecule has 0 bridgehead atoms. The van der Waals surface area contributed by atoms with E-state index in [9.17, 15) is 0 Å². The monoisotopic (exact) mass is 256 g/mol. The summed E-state index contributed by atoms with van der Waals surface area (Å²) in [5, 5.41) is 3.55. The van der Waals surface area contributed by atoms with Gasteiger partial charge in [0.2, 0.25) is 0 Å². The van der Waals surface area contributed by atoms with E-state index < -0.39 is 0 Å². The smallest absolute Gasteiger partial charge is 0.00488 e. The molecule has 2 heteroatoms. The number of rotatable bonds is 14. The Balaban J connectivity index is 2.90. The molecule has 18 heavy (non-hydrogen) atoms. The second-order valence-corrected chi connectivity index (χ2v) is 5.90. The Morgan fingerprint density at radius 1 is 0.722 bits per heavy atom. The predicted octanol–water partition coefficient (Wildman–Crippen LogP) is 4.09. The van der Waals surface area contributed by atoms with Crippen molar-refractivity contribution in [2.24, 2.45) is 11.7 Å². The summed E-state index contributed by atoms with van der Waals surface area (Å²) in [4.78, 5) is 0. The molecule has 0 atom stereocenters. The van der Waals surface area contributed by atoms with E-state index in [-0.39, 0.29) is 0 Å². The fourth-order valence-electron chi connectivity index (χ4n) is 2.22. The van der Waals surface area contributed by atoms with E-state index in [1.54, 1.807) is 0 Å². The SMILES string of the molecule is CC(C)CCCNCCCCCCCCCCN. The van der Waals surface area contributed by atoms with Crippen LogP contribution in [0.5, 0.6) is 0 Å². The maximum atomic E-state index is 5.47. The van der Waals surface area contributed by atoms with Crippen molar-refractivity contribution in [3.63, 3.8) is 0 Å². The van der Waals surface area contributed by atoms with Crippen molar-refractivity contribution in [3.05, 3.63) is 0 Å². The van der Waals surface area contributed by atoms with Crippen LogP contribution in [0.3, 0.4) is 0 Å². The zero-order chi connectivity index (χ0) is 13.5. The van der Waals surface area contributed by atoms with Gasteiger partial charge in [0.15, 0.2) is 0 Å². The van der Waals surface area contributed by atoms with Gasteiger partial charge in [-0.3, -0.25) is 0 Å². The van der Waals surface area contributed by atoms with E-state index in [0.29, 0.717) is 0 Å². The first kappa shape index (κ1) is 17.9. The van der Waals surface area contributed by atoms with Crippen molar-refractivity contribution >= 4 is 0 Å². The molecule has 0 radical (unpaired) electrons. The lowest BCUT2D eigenvalue weighted by molar-refractivity contribution is 0.512. The first-order chi connectivity index (χ1) is 8.77. The Morgan fingerprint density at radius 2 is 1.22 bits per heavy atom. The van der Waals surface area contributed by atoms with Gasteiger partial charge in [-0.15, -0.1) is 0 Å². The minimum atomic E-state index is 0.853. The predicted molar refractivity (Wildman–Crippen MR) is 82.9 cm³/mol. The summed E-state index contributed by atoms with van der Waals surface area (Å²) in [6.45, 7) is 7.88. The highest BCUT2D eigenvalue weighted by atomic mass is 14.8. The van der Waals surface area contributed by atoms with Gasteiger partial charge in [0.05, 0.1) is 0 Å². The summed E-state index contributed by atoms with van der Waals surface area (Å²) in [5.41, 5.74) is 5.47. The van der Waals surface area contributed by atoms with Gasteiger partial charge in [0.1, 0.15) is 0 Å². The second kappa shape index (κ2) is 15.0. The van der Waals surface area contributed by atoms with Crippen molar-refractivity contribution < 1.29 is 0 Å². The summed E-state index contributed by atoms with van der Waals surface area (Å²) < 4.78 is 0. The van der Waals surface area contributed by atoms with Gasteiger partial charge in [0.25, 0.3) is 0 Å². The van der Waals surface area contributed by atoms with Gasteiger partial charge in [-0.05, 0) is 51.2 Å². The Labute approximate surface area is 115 Å². The molecule has 0 aliphatic rings. The van der Waals surface area contributed by atoms with Crippen LogP contribution in [0.15, 0.2) is 0 Å². The highest BCUT2D eigenvalue weighted by Crippen LogP contribution is 2.08. The molecule has 0 saturated carbocycles. The van der Waals surface area contributed by atoms with Crippen LogP contribution in [-0.2, 0) is 0 Å². The maximum Gasteiger partial charge on any atom is -0.00488 e. The number of nitrogens with two attached hydrogens (primary N) is 1. The molecule has 0 rings (SSSR count). The molecule has 0 unspecified atom stereocenters. The minimum absolute atomic E-state index is 0.853. The van der Waals surface area contributed by atoms with Crippen LogP contribution in [-0.4, -0.2) is 19.6 Å². The van der Waals surface area contributed by atoms with Gasteiger partial charge < -0.3 is 11.1 Å². The molecule has 0 amide bonds. The van der Waals surface area contributed by atoms with Crippen molar-refractivity contribution in [2.75, 3.05) is 19.6 Å². The van der Waals surface area contributed by atoms with Crippen molar-refractivity contribution in [2.45, 2.75) is 78.1 Å². The van der Waals surface area contributed by atoms with Gasteiger partial charge in [-0.25, -0.2) is 0 Å². The lowest BCUT2D eigenvalue weighted by atomic mass is 10.1. The average molecular weight is 256 g/mol. The molecule has 0 spiro atoms. The van der Waals surface area contributed by atoms with E-state index in [2.05, 4.69) is 19.2 Å². The fraction of sp³-hybridized carbons (Fsp3) is 1.00. The third-order valence-corrected chi connectivity index (χ3v) is 3.44. The Hall–Kier alpha value is -0.0800. The van der Waals surface area contributed by atoms with Gasteiger partial charge >= 0.3 is 0 Å². The molecule has 0 aliphatic carbocycles. The summed E-state index contributed by atoms with van der Waals surface area (Å²) in [5.74, 6) is 0.853. The lowest BCUT2D eigenvalue weighted by Gasteiger charge is -2.06. The van der Waals surface area contributed by atoms with Crippen LogP contribution in [0.2, 0.25) is 0 Å². The largest absolute Gasteiger partial charge is 0.330 e. The van der Waals surface area contributed by atoms with Gasteiger partial charge in [-0.1, -0.05) is 52.4 Å². The third-order valence-electron chi connectivity index (χ3n) is 3.44. The van der Waals surface area contributed by atoms with Crippen LogP contribution >= 0.6 is 0 Å². The van der Waals surface area contributed by atoms with E-state index in [1.807, 2.05) is 0 Å². The molecule has 0 fully saturated rings. The first-order valence-corrected chi connectivity index (χ1v) is 8.18. The zero-order valence-corrected chi connectivity index (χ0v) is 12.8. The van der Waals surface area contributed by atoms with E-state index in [1.165, 1.54) is 77.3 Å². The maximum absolute atomic E-state index is 5.47. The quantitative estimate of drug-likeness (QED) is 0.459. The highest BCUT2D eigenvalue weighted by molar-refractivity contribution is 4.52. The van der Waals surface area contributed by atoms with Crippen molar-refractivity contribution in [3.8, 4) is 0 Å². The minimum Gasteiger partial charge on any atom is -0.330 e. The molecule has 0 aliphatic heterocycles. The third kappa shape index (κ3) is 15.9. The van der Waals surface area contributed by atoms with Crippen molar-refractivity contribution in [1.82, 2.24) is 5.32 Å². The Morgan fingerprint density at radius 3 is 1.78 bits per heavy atom. The molecule has 0 saturated heterocycles. The summed E-state index contributed by atoms with van der Waals surface area (Å²) in [6, 6.07) is 0. The zero-order valence-electron chi connectivity index (χ0n) is 12.8. The average Bonchev–Trinajstić information content (AvgIpc) is 2.34. The van der Waals surface area contributed by atoms with Crippen LogP contribution in [0.1, 0.15) is 78.1 Å². The molecule has 0 aromatic carbocycles. The van der Waals surface area contributed by atoms with E-state index >= 15 is 0 Å². The summed E-state index contributed by atoms with van der Waals surface area (Å²) in [7, 11) is 0. The molecule has 3 N–H and O–H groups in total. The molecular weight excluding hydrogens is 220 g/mol. The molecule has 110 valence electrons. The molecule has 0 aromatic heterocycles. The second-order valence-electron chi connectivity index (χ2n) is 5.90. The van der Waals surface area contributed by atoms with Crippen LogP contribution < -0.4 is 11.1 Å². The topological polar surface area (TPSA) is 38.0 Å². The summed E-state index contributed by atoms with van der Waals surface area (Å²) >= 11 is 0. The Kier molecular flexibility index (Phi) is 14.9. The Bertz CT molecular complexity index is 146. The number of nitrogens with one attached hydrogen (secondary N) is 1. The number of unbranched alkanes of at least 4 members (excludes halogenated alkanes) is 7. The van der Waals surface area contributed by atoms with Crippen molar-refractivity contribution in [1.29, 1.82) is 0 Å². The molecular formula is C16H36N2. The van der Waals surface area contributed by atoms with E-state index in [0.717, 1.165) is 12.5 Å². The number of hydrogen-bond donors (Lipinski definition) is 2. The first-order valence-electron chi connectivity index (χ1n) is 8.18. The molecule has 0 heterocycles. The highest BCUT2D eigenvalue weighted by Gasteiger charge is 1.94. The van der Waals surface area contributed by atoms with Crippen LogP contribution in [0, 0.1) is 5.92 Å². The number of hydrogen-bond acceptors (Lipinski definition) is 2. The molecule has 2 nitrogen and oxygen atoms in total. The summed E-state index contributed by atoms with van der Waals surface area (Å²) in [6.07, 6.45) is 13.6.